The normalized spacial score (nSPS) is 18.7. The van der Waals surface area contributed by atoms with Crippen LogP contribution in [0.15, 0.2) is 52.5 Å². The molecule has 9 nitrogen and oxygen atoms in total. The van der Waals surface area contributed by atoms with Crippen molar-refractivity contribution in [3.05, 3.63) is 42.5 Å². The van der Waals surface area contributed by atoms with E-state index in [0.717, 1.165) is 56.8 Å². The summed E-state index contributed by atoms with van der Waals surface area (Å²) in [7, 11) is 2.10. The van der Waals surface area contributed by atoms with Crippen molar-refractivity contribution in [1.82, 2.24) is 9.80 Å². The molecule has 156 valence electrons. The molecule has 0 aromatic heterocycles. The van der Waals surface area contributed by atoms with Crippen LogP contribution in [0.1, 0.15) is 12.8 Å². The standard InChI is InChI=1S/C16H22N4O.C4H4O4/c1-19-9-5-8-15(19)18-16(20-10-12-21-13-11-20)17-14-6-3-2-4-7-14;5-3(6)1-2-4(7)8/h2-4,6-7H,5,8-13H2,1H3;1-2H,(H,5,6)(H,7,8)/b17-16-,18-15-;2-1+. The van der Waals surface area contributed by atoms with Gasteiger partial charge in [0.25, 0.3) is 0 Å². The molecule has 2 heterocycles. The molecule has 2 fully saturated rings. The van der Waals surface area contributed by atoms with E-state index in [9.17, 15) is 9.59 Å². The average molecular weight is 402 g/mol. The summed E-state index contributed by atoms with van der Waals surface area (Å²) < 4.78 is 5.44. The molecule has 0 unspecified atom stereocenters. The SMILES string of the molecule is CN1CCC/C1=N/C(=N/c1ccccc1)N1CCOCC1.O=C(O)/C=C/C(=O)O. The number of nitrogens with zero attached hydrogens (tertiary/aromatic N) is 4. The summed E-state index contributed by atoms with van der Waals surface area (Å²) in [6.07, 6.45) is 3.33. The molecule has 0 radical (unpaired) electrons. The number of likely N-dealkylation sites (tertiary alicyclic amines) is 1. The summed E-state index contributed by atoms with van der Waals surface area (Å²) in [5.41, 5.74) is 0.948. The number of carbonyl (C=O) groups is 2. The first-order valence-corrected chi connectivity index (χ1v) is 9.35. The number of amidine groups is 1. The molecule has 2 N–H and O–H groups in total. The monoisotopic (exact) mass is 402 g/mol. The molecular weight excluding hydrogens is 376 g/mol. The quantitative estimate of drug-likeness (QED) is 0.450. The van der Waals surface area contributed by atoms with Crippen LogP contribution in [0.5, 0.6) is 0 Å². The molecule has 1 aromatic rings. The summed E-state index contributed by atoms with van der Waals surface area (Å²) in [5.74, 6) is -0.566. The van der Waals surface area contributed by atoms with E-state index in [2.05, 4.69) is 16.8 Å². The lowest BCUT2D eigenvalue weighted by Gasteiger charge is -2.28. The Morgan fingerprint density at radius 3 is 2.17 bits per heavy atom. The van der Waals surface area contributed by atoms with Gasteiger partial charge in [0.15, 0.2) is 0 Å². The van der Waals surface area contributed by atoms with E-state index in [1.165, 1.54) is 6.42 Å². The second-order valence-corrected chi connectivity index (χ2v) is 6.41. The lowest BCUT2D eigenvalue weighted by atomic mass is 10.3. The second-order valence-electron chi connectivity index (χ2n) is 6.41. The number of aliphatic imine (C=N–C) groups is 2. The predicted molar refractivity (Wildman–Crippen MR) is 110 cm³/mol. The van der Waals surface area contributed by atoms with Crippen LogP contribution in [-0.2, 0) is 14.3 Å². The Hall–Kier alpha value is -3.20. The van der Waals surface area contributed by atoms with Crippen LogP contribution < -0.4 is 0 Å². The van der Waals surface area contributed by atoms with Crippen LogP contribution in [0.2, 0.25) is 0 Å². The number of hydrogen-bond donors (Lipinski definition) is 2. The van der Waals surface area contributed by atoms with Gasteiger partial charge in [0.05, 0.1) is 18.9 Å². The van der Waals surface area contributed by atoms with Crippen molar-refractivity contribution in [3.8, 4) is 0 Å². The highest BCUT2D eigenvalue weighted by atomic mass is 16.5. The maximum atomic E-state index is 9.55. The number of ether oxygens (including phenoxy) is 1. The van der Waals surface area contributed by atoms with Crippen molar-refractivity contribution in [2.24, 2.45) is 9.98 Å². The molecule has 2 saturated heterocycles. The van der Waals surface area contributed by atoms with Crippen LogP contribution in [0.25, 0.3) is 0 Å². The zero-order valence-corrected chi connectivity index (χ0v) is 16.4. The number of carboxylic acids is 2. The second kappa shape index (κ2) is 11.6. The van der Waals surface area contributed by atoms with Crippen LogP contribution in [0, 0.1) is 0 Å². The van der Waals surface area contributed by atoms with E-state index >= 15 is 0 Å². The van der Waals surface area contributed by atoms with Gasteiger partial charge in [0, 0.05) is 45.3 Å². The molecular formula is C20H26N4O5. The largest absolute Gasteiger partial charge is 0.478 e. The molecule has 0 amide bonds. The van der Waals surface area contributed by atoms with Gasteiger partial charge >= 0.3 is 11.9 Å². The molecule has 2 aliphatic rings. The van der Waals surface area contributed by atoms with Crippen molar-refractivity contribution in [2.75, 3.05) is 39.9 Å². The van der Waals surface area contributed by atoms with Crippen LogP contribution in [0.4, 0.5) is 5.69 Å². The van der Waals surface area contributed by atoms with E-state index in [1.807, 2.05) is 30.3 Å². The number of carboxylic acid groups (broad SMARTS) is 2. The van der Waals surface area contributed by atoms with Gasteiger partial charge in [0.1, 0.15) is 5.84 Å². The molecule has 0 aliphatic carbocycles. The van der Waals surface area contributed by atoms with Gasteiger partial charge in [-0.1, -0.05) is 18.2 Å². The van der Waals surface area contributed by atoms with E-state index in [1.54, 1.807) is 0 Å². The third-order valence-electron chi connectivity index (χ3n) is 4.21. The minimum atomic E-state index is -1.26. The Morgan fingerprint density at radius 1 is 1.03 bits per heavy atom. The van der Waals surface area contributed by atoms with Crippen molar-refractivity contribution < 1.29 is 24.5 Å². The van der Waals surface area contributed by atoms with Crippen LogP contribution in [0.3, 0.4) is 0 Å². The van der Waals surface area contributed by atoms with Gasteiger partial charge in [0.2, 0.25) is 5.96 Å². The van der Waals surface area contributed by atoms with Crippen molar-refractivity contribution in [2.45, 2.75) is 12.8 Å². The van der Waals surface area contributed by atoms with Crippen LogP contribution in [-0.4, -0.2) is 83.6 Å². The molecule has 0 spiro atoms. The molecule has 1 aromatic carbocycles. The molecule has 29 heavy (non-hydrogen) atoms. The number of para-hydroxylation sites is 1. The summed E-state index contributed by atoms with van der Waals surface area (Å²) in [5, 5.41) is 15.6. The van der Waals surface area contributed by atoms with Crippen molar-refractivity contribution in [1.29, 1.82) is 0 Å². The highest BCUT2D eigenvalue weighted by Gasteiger charge is 2.19. The average Bonchev–Trinajstić information content (AvgIpc) is 3.12. The third-order valence-corrected chi connectivity index (χ3v) is 4.21. The van der Waals surface area contributed by atoms with Gasteiger partial charge in [-0.15, -0.1) is 0 Å². The Bertz CT molecular complexity index is 754. The fourth-order valence-electron chi connectivity index (χ4n) is 2.74. The van der Waals surface area contributed by atoms with Gasteiger partial charge in [-0.25, -0.2) is 14.6 Å². The smallest absolute Gasteiger partial charge is 0.328 e. The number of aliphatic carboxylic acids is 2. The first-order valence-electron chi connectivity index (χ1n) is 9.35. The number of morpholine rings is 1. The summed E-state index contributed by atoms with van der Waals surface area (Å²) >= 11 is 0. The predicted octanol–water partition coefficient (Wildman–Crippen LogP) is 1.84. The van der Waals surface area contributed by atoms with Gasteiger partial charge in [-0.3, -0.25) is 0 Å². The number of benzene rings is 1. The topological polar surface area (TPSA) is 115 Å². The molecule has 2 aliphatic heterocycles. The highest BCUT2D eigenvalue weighted by Crippen LogP contribution is 2.15. The van der Waals surface area contributed by atoms with Crippen LogP contribution >= 0.6 is 0 Å². The maximum Gasteiger partial charge on any atom is 0.328 e. The first-order chi connectivity index (χ1) is 14.0. The highest BCUT2D eigenvalue weighted by molar-refractivity contribution is 5.97. The minimum absolute atomic E-state index is 0.558. The van der Waals surface area contributed by atoms with E-state index in [-0.39, 0.29) is 0 Å². The zero-order valence-electron chi connectivity index (χ0n) is 16.4. The Kier molecular flexibility index (Phi) is 8.84. The molecule has 3 rings (SSSR count). The number of rotatable bonds is 3. The molecule has 0 atom stereocenters. The molecule has 0 bridgehead atoms. The molecule has 9 heteroatoms. The fourth-order valence-corrected chi connectivity index (χ4v) is 2.74. The summed E-state index contributed by atoms with van der Waals surface area (Å²) in [4.78, 5) is 33.1. The summed E-state index contributed by atoms with van der Waals surface area (Å²) in [6.45, 7) is 4.28. The van der Waals surface area contributed by atoms with Crippen molar-refractivity contribution in [3.63, 3.8) is 0 Å². The van der Waals surface area contributed by atoms with E-state index < -0.39 is 11.9 Å². The third kappa shape index (κ3) is 8.14. The van der Waals surface area contributed by atoms with Gasteiger partial charge < -0.3 is 24.7 Å². The van der Waals surface area contributed by atoms with E-state index in [0.29, 0.717) is 12.2 Å². The van der Waals surface area contributed by atoms with E-state index in [4.69, 9.17) is 24.9 Å². The lowest BCUT2D eigenvalue weighted by Crippen LogP contribution is -2.40. The first kappa shape index (κ1) is 22.1. The lowest BCUT2D eigenvalue weighted by molar-refractivity contribution is -0.134. The van der Waals surface area contributed by atoms with Crippen molar-refractivity contribution >= 4 is 29.4 Å². The minimum Gasteiger partial charge on any atom is -0.478 e. The Morgan fingerprint density at radius 2 is 1.66 bits per heavy atom. The molecule has 0 saturated carbocycles. The Balaban J connectivity index is 0.000000321. The number of guanidine groups is 1. The number of hydrogen-bond acceptors (Lipinski definition) is 4. The Labute approximate surface area is 169 Å². The fraction of sp³-hybridized carbons (Fsp3) is 0.400. The summed E-state index contributed by atoms with van der Waals surface area (Å²) in [6, 6.07) is 10.0. The van der Waals surface area contributed by atoms with Gasteiger partial charge in [-0.2, -0.15) is 4.99 Å². The van der Waals surface area contributed by atoms with Gasteiger partial charge in [-0.05, 0) is 18.6 Å². The zero-order chi connectivity index (χ0) is 21.1. The maximum absolute atomic E-state index is 9.55.